The third-order valence-electron chi connectivity index (χ3n) is 1.56. The van der Waals surface area contributed by atoms with Crippen molar-refractivity contribution in [3.63, 3.8) is 0 Å². The second-order valence-corrected chi connectivity index (χ2v) is 3.71. The van der Waals surface area contributed by atoms with Gasteiger partial charge >= 0.3 is 0 Å². The lowest BCUT2D eigenvalue weighted by atomic mass is 10.2. The van der Waals surface area contributed by atoms with Crippen LogP contribution in [0, 0.1) is 0 Å². The van der Waals surface area contributed by atoms with Crippen molar-refractivity contribution in [2.24, 2.45) is 0 Å². The van der Waals surface area contributed by atoms with Gasteiger partial charge in [0.2, 0.25) is 0 Å². The third kappa shape index (κ3) is 3.18. The first-order valence-electron chi connectivity index (χ1n) is 3.85. The molecule has 2 nitrogen and oxygen atoms in total. The van der Waals surface area contributed by atoms with Crippen LogP contribution in [-0.2, 0) is 11.3 Å². The predicted octanol–water partition coefficient (Wildman–Crippen LogP) is 2.91. The average Bonchev–Trinajstić information content (AvgIpc) is 2.10. The number of phenolic OH excluding ortho intramolecular Hbond substituents is 1. The molecule has 0 fully saturated rings. The van der Waals surface area contributed by atoms with Gasteiger partial charge in [0, 0.05) is 15.9 Å². The van der Waals surface area contributed by atoms with Gasteiger partial charge in [-0.1, -0.05) is 22.0 Å². The fraction of sp³-hybridized carbons (Fsp3) is 0.333. The minimum Gasteiger partial charge on any atom is -0.508 e. The first kappa shape index (κ1) is 10.8. The van der Waals surface area contributed by atoms with Crippen molar-refractivity contribution < 1.29 is 9.84 Å². The zero-order chi connectivity index (χ0) is 9.68. The Labute approximate surface area is 90.6 Å². The molecule has 1 N–H and O–H groups in total. The molecule has 0 saturated heterocycles. The molecule has 1 aromatic rings. The van der Waals surface area contributed by atoms with E-state index in [2.05, 4.69) is 15.9 Å². The summed E-state index contributed by atoms with van der Waals surface area (Å²) in [7, 11) is 0. The highest BCUT2D eigenvalue weighted by Crippen LogP contribution is 2.26. The topological polar surface area (TPSA) is 29.5 Å². The molecule has 0 aliphatic rings. The molecule has 72 valence electrons. The minimum atomic E-state index is 0.240. The van der Waals surface area contributed by atoms with Gasteiger partial charge in [0.1, 0.15) is 5.75 Å². The Hall–Kier alpha value is -0.250. The molecule has 0 saturated carbocycles. The average molecular weight is 266 g/mol. The fourth-order valence-electron chi connectivity index (χ4n) is 0.919. The van der Waals surface area contributed by atoms with Crippen LogP contribution in [0.4, 0.5) is 0 Å². The van der Waals surface area contributed by atoms with Gasteiger partial charge in [0.25, 0.3) is 0 Å². The van der Waals surface area contributed by atoms with E-state index >= 15 is 0 Å². The quantitative estimate of drug-likeness (QED) is 0.670. The number of rotatable bonds is 4. The first-order valence-corrected chi connectivity index (χ1v) is 5.18. The molecular weight excluding hydrogens is 255 g/mol. The van der Waals surface area contributed by atoms with E-state index in [1.807, 2.05) is 6.07 Å². The van der Waals surface area contributed by atoms with E-state index in [0.29, 0.717) is 19.1 Å². The lowest BCUT2D eigenvalue weighted by molar-refractivity contribution is 0.133. The van der Waals surface area contributed by atoms with E-state index < -0.39 is 0 Å². The SMILES string of the molecule is Oc1cccc(Br)c1COCCCl. The maximum absolute atomic E-state index is 9.45. The summed E-state index contributed by atoms with van der Waals surface area (Å²) in [6, 6.07) is 5.26. The van der Waals surface area contributed by atoms with E-state index in [0.717, 1.165) is 10.0 Å². The predicted molar refractivity (Wildman–Crippen MR) is 56.2 cm³/mol. The smallest absolute Gasteiger partial charge is 0.122 e. The van der Waals surface area contributed by atoms with Crippen molar-refractivity contribution in [2.75, 3.05) is 12.5 Å². The second-order valence-electron chi connectivity index (χ2n) is 2.48. The van der Waals surface area contributed by atoms with Crippen LogP contribution in [0.15, 0.2) is 22.7 Å². The summed E-state index contributed by atoms with van der Waals surface area (Å²) < 4.78 is 6.06. The van der Waals surface area contributed by atoms with Gasteiger partial charge < -0.3 is 9.84 Å². The van der Waals surface area contributed by atoms with Gasteiger partial charge in [0.15, 0.2) is 0 Å². The van der Waals surface area contributed by atoms with Gasteiger partial charge in [-0.05, 0) is 12.1 Å². The van der Waals surface area contributed by atoms with Crippen molar-refractivity contribution >= 4 is 27.5 Å². The molecule has 0 aliphatic carbocycles. The Morgan fingerprint density at radius 3 is 2.85 bits per heavy atom. The molecule has 1 rings (SSSR count). The Bertz CT molecular complexity index is 258. The van der Waals surface area contributed by atoms with Crippen LogP contribution in [0.2, 0.25) is 0 Å². The van der Waals surface area contributed by atoms with Crippen LogP contribution >= 0.6 is 27.5 Å². The number of phenols is 1. The number of benzene rings is 1. The molecule has 0 atom stereocenters. The molecule has 0 unspecified atom stereocenters. The van der Waals surface area contributed by atoms with Crippen molar-refractivity contribution in [1.29, 1.82) is 0 Å². The number of hydrogen-bond donors (Lipinski definition) is 1. The van der Waals surface area contributed by atoms with Gasteiger partial charge in [-0.15, -0.1) is 11.6 Å². The Kier molecular flexibility index (Phi) is 4.56. The van der Waals surface area contributed by atoms with Gasteiger partial charge in [-0.3, -0.25) is 0 Å². The van der Waals surface area contributed by atoms with Gasteiger partial charge in [0.05, 0.1) is 13.2 Å². The minimum absolute atomic E-state index is 0.240. The van der Waals surface area contributed by atoms with E-state index in [1.165, 1.54) is 0 Å². The van der Waals surface area contributed by atoms with E-state index in [1.54, 1.807) is 12.1 Å². The third-order valence-corrected chi connectivity index (χ3v) is 2.46. The van der Waals surface area contributed by atoms with E-state index in [-0.39, 0.29) is 5.75 Å². The van der Waals surface area contributed by atoms with Crippen LogP contribution in [0.1, 0.15) is 5.56 Å². The Morgan fingerprint density at radius 1 is 1.46 bits per heavy atom. The molecular formula is C9H10BrClO2. The normalized spacial score (nSPS) is 10.3. The summed E-state index contributed by atoms with van der Waals surface area (Å²) in [6.45, 7) is 0.863. The zero-order valence-electron chi connectivity index (χ0n) is 6.96. The molecule has 1 aromatic carbocycles. The van der Waals surface area contributed by atoms with Crippen LogP contribution in [0.25, 0.3) is 0 Å². The van der Waals surface area contributed by atoms with Crippen LogP contribution < -0.4 is 0 Å². The van der Waals surface area contributed by atoms with Crippen molar-refractivity contribution in [3.8, 4) is 5.75 Å². The van der Waals surface area contributed by atoms with E-state index in [4.69, 9.17) is 16.3 Å². The molecule has 0 spiro atoms. The number of hydrogen-bond acceptors (Lipinski definition) is 2. The molecule has 0 heterocycles. The lowest BCUT2D eigenvalue weighted by Gasteiger charge is -2.06. The molecule has 0 aliphatic heterocycles. The van der Waals surface area contributed by atoms with Crippen molar-refractivity contribution in [3.05, 3.63) is 28.2 Å². The second kappa shape index (κ2) is 5.47. The van der Waals surface area contributed by atoms with Crippen molar-refractivity contribution in [1.82, 2.24) is 0 Å². The largest absolute Gasteiger partial charge is 0.508 e. The highest BCUT2D eigenvalue weighted by Gasteiger charge is 2.04. The summed E-state index contributed by atoms with van der Waals surface area (Å²) in [5.74, 6) is 0.703. The summed E-state index contributed by atoms with van der Waals surface area (Å²) >= 11 is 8.77. The summed E-state index contributed by atoms with van der Waals surface area (Å²) in [6.07, 6.45) is 0. The molecule has 0 bridgehead atoms. The molecule has 13 heavy (non-hydrogen) atoms. The lowest BCUT2D eigenvalue weighted by Crippen LogP contribution is -1.97. The highest BCUT2D eigenvalue weighted by molar-refractivity contribution is 9.10. The fourth-order valence-corrected chi connectivity index (χ4v) is 1.50. The zero-order valence-corrected chi connectivity index (χ0v) is 9.31. The summed E-state index contributed by atoms with van der Waals surface area (Å²) in [5.41, 5.74) is 0.757. The number of halogens is 2. The standard InChI is InChI=1S/C9H10BrClO2/c10-8-2-1-3-9(12)7(8)6-13-5-4-11/h1-3,12H,4-6H2. The molecule has 0 radical (unpaired) electrons. The molecule has 0 aromatic heterocycles. The first-order chi connectivity index (χ1) is 6.25. The van der Waals surface area contributed by atoms with E-state index in [9.17, 15) is 5.11 Å². The van der Waals surface area contributed by atoms with Crippen LogP contribution in [0.3, 0.4) is 0 Å². The summed E-state index contributed by atoms with van der Waals surface area (Å²) in [5, 5.41) is 9.45. The van der Waals surface area contributed by atoms with Crippen LogP contribution in [0.5, 0.6) is 5.75 Å². The maximum Gasteiger partial charge on any atom is 0.122 e. The maximum atomic E-state index is 9.45. The number of aromatic hydroxyl groups is 1. The van der Waals surface area contributed by atoms with Gasteiger partial charge in [-0.2, -0.15) is 0 Å². The Balaban J connectivity index is 2.64. The molecule has 4 heteroatoms. The summed E-state index contributed by atoms with van der Waals surface area (Å²) in [4.78, 5) is 0. The highest BCUT2D eigenvalue weighted by atomic mass is 79.9. The number of alkyl halides is 1. The monoisotopic (exact) mass is 264 g/mol. The van der Waals surface area contributed by atoms with Crippen LogP contribution in [-0.4, -0.2) is 17.6 Å². The van der Waals surface area contributed by atoms with Crippen molar-refractivity contribution in [2.45, 2.75) is 6.61 Å². The molecule has 0 amide bonds. The van der Waals surface area contributed by atoms with Gasteiger partial charge in [-0.25, -0.2) is 0 Å². The number of ether oxygens (including phenoxy) is 1. The Morgan fingerprint density at radius 2 is 2.23 bits per heavy atom.